The lowest BCUT2D eigenvalue weighted by atomic mass is 10.0. The Bertz CT molecular complexity index is 1230. The number of non-ortho nitro benzene ring substituents is 1. The van der Waals surface area contributed by atoms with Crippen molar-refractivity contribution in [3.63, 3.8) is 0 Å². The van der Waals surface area contributed by atoms with E-state index in [1.165, 1.54) is 50.6 Å². The standard InChI is InChI=1S/C20H15N3O8S2/c1-30-13-7-6-10(15(19(26)27)16(13)31-2)9-14-18(25)22(20(32)33-14)21-17(24)11-4-3-5-12(8-11)23(28)29/h3-9H,1-2H3,(H,21,24)(H,26,27)/b14-9+. The van der Waals surface area contributed by atoms with Crippen LogP contribution in [-0.4, -0.2) is 51.4 Å². The molecule has 0 bridgehead atoms. The number of thiocarbonyl (C=S) groups is 1. The molecule has 0 radical (unpaired) electrons. The third-order valence-corrected chi connectivity index (χ3v) is 5.71. The van der Waals surface area contributed by atoms with Crippen LogP contribution in [-0.2, 0) is 4.79 Å². The quantitative estimate of drug-likeness (QED) is 0.257. The summed E-state index contributed by atoms with van der Waals surface area (Å²) in [6.45, 7) is 0. The summed E-state index contributed by atoms with van der Waals surface area (Å²) < 4.78 is 10.3. The topological polar surface area (TPSA) is 148 Å². The number of ether oxygens (including phenoxy) is 2. The van der Waals surface area contributed by atoms with E-state index in [1.807, 2.05) is 0 Å². The number of nitro benzene ring substituents is 1. The Morgan fingerprint density at radius 1 is 1.24 bits per heavy atom. The van der Waals surface area contributed by atoms with Crippen LogP contribution in [0.4, 0.5) is 5.69 Å². The Morgan fingerprint density at radius 2 is 1.97 bits per heavy atom. The van der Waals surface area contributed by atoms with Crippen molar-refractivity contribution in [3.8, 4) is 11.5 Å². The third kappa shape index (κ3) is 4.78. The Morgan fingerprint density at radius 3 is 2.58 bits per heavy atom. The second kappa shape index (κ2) is 9.67. The molecular weight excluding hydrogens is 474 g/mol. The highest BCUT2D eigenvalue weighted by molar-refractivity contribution is 8.26. The number of hydrogen-bond donors (Lipinski definition) is 2. The summed E-state index contributed by atoms with van der Waals surface area (Å²) >= 11 is 6.01. The fraction of sp³-hybridized carbons (Fsp3) is 0.100. The fourth-order valence-electron chi connectivity index (χ4n) is 2.92. The third-order valence-electron chi connectivity index (χ3n) is 4.40. The molecule has 11 nitrogen and oxygen atoms in total. The monoisotopic (exact) mass is 489 g/mol. The van der Waals surface area contributed by atoms with Crippen molar-refractivity contribution in [1.29, 1.82) is 0 Å². The molecule has 0 atom stereocenters. The summed E-state index contributed by atoms with van der Waals surface area (Å²) in [7, 11) is 2.65. The minimum atomic E-state index is -1.30. The molecule has 3 rings (SSSR count). The molecule has 2 N–H and O–H groups in total. The van der Waals surface area contributed by atoms with Crippen LogP contribution >= 0.6 is 24.0 Å². The average molecular weight is 489 g/mol. The number of thioether (sulfide) groups is 1. The number of aromatic carboxylic acids is 1. The number of nitrogens with one attached hydrogen (secondary N) is 1. The Labute approximate surface area is 196 Å². The molecule has 1 fully saturated rings. The summed E-state index contributed by atoms with van der Waals surface area (Å²) in [6.07, 6.45) is 1.31. The molecule has 0 unspecified atom stereocenters. The van der Waals surface area contributed by atoms with Gasteiger partial charge in [0.05, 0.1) is 24.0 Å². The van der Waals surface area contributed by atoms with E-state index in [2.05, 4.69) is 5.43 Å². The van der Waals surface area contributed by atoms with Gasteiger partial charge in [-0.05, 0) is 36.0 Å². The van der Waals surface area contributed by atoms with Gasteiger partial charge in [0.15, 0.2) is 15.8 Å². The van der Waals surface area contributed by atoms with Gasteiger partial charge in [0.1, 0.15) is 5.56 Å². The highest BCUT2D eigenvalue weighted by Crippen LogP contribution is 2.37. The molecular formula is C20H15N3O8S2. The van der Waals surface area contributed by atoms with Crippen molar-refractivity contribution in [2.45, 2.75) is 0 Å². The van der Waals surface area contributed by atoms with E-state index in [1.54, 1.807) is 0 Å². The van der Waals surface area contributed by atoms with Crippen molar-refractivity contribution in [1.82, 2.24) is 10.4 Å². The number of carbonyl (C=O) groups is 3. The molecule has 2 amide bonds. The van der Waals surface area contributed by atoms with Crippen molar-refractivity contribution >= 4 is 57.8 Å². The van der Waals surface area contributed by atoms with Crippen LogP contribution in [0.25, 0.3) is 6.08 Å². The molecule has 1 saturated heterocycles. The molecule has 1 heterocycles. The molecule has 0 aromatic heterocycles. The van der Waals surface area contributed by atoms with E-state index in [-0.39, 0.29) is 43.1 Å². The molecule has 2 aromatic carbocycles. The Hall–Kier alpha value is -3.97. The first-order valence-corrected chi connectivity index (χ1v) is 10.2. The normalized spacial score (nSPS) is 14.4. The van der Waals surface area contributed by atoms with Crippen LogP contribution < -0.4 is 14.9 Å². The van der Waals surface area contributed by atoms with Crippen molar-refractivity contribution in [2.24, 2.45) is 0 Å². The fourth-order valence-corrected chi connectivity index (χ4v) is 4.09. The molecule has 2 aromatic rings. The first-order chi connectivity index (χ1) is 15.7. The molecule has 13 heteroatoms. The second-order valence-electron chi connectivity index (χ2n) is 6.34. The van der Waals surface area contributed by atoms with Crippen LogP contribution in [0.5, 0.6) is 11.5 Å². The maximum atomic E-state index is 12.8. The van der Waals surface area contributed by atoms with Crippen LogP contribution in [0.1, 0.15) is 26.3 Å². The Kier molecular flexibility index (Phi) is 6.94. The van der Waals surface area contributed by atoms with Gasteiger partial charge in [0.2, 0.25) is 0 Å². The molecule has 0 spiro atoms. The summed E-state index contributed by atoms with van der Waals surface area (Å²) in [5.41, 5.74) is 1.92. The molecule has 1 aliphatic rings. The number of carboxylic acids is 1. The predicted octanol–water partition coefficient (Wildman–Crippen LogP) is 2.86. The van der Waals surface area contributed by atoms with Gasteiger partial charge in [-0.2, -0.15) is 5.01 Å². The van der Waals surface area contributed by atoms with E-state index in [9.17, 15) is 29.6 Å². The van der Waals surface area contributed by atoms with Gasteiger partial charge in [-0.3, -0.25) is 25.1 Å². The van der Waals surface area contributed by atoms with Gasteiger partial charge in [-0.15, -0.1) is 0 Å². The molecule has 170 valence electrons. The average Bonchev–Trinajstić information content (AvgIpc) is 3.05. The lowest BCUT2D eigenvalue weighted by molar-refractivity contribution is -0.384. The number of rotatable bonds is 7. The van der Waals surface area contributed by atoms with Gasteiger partial charge >= 0.3 is 5.97 Å². The Balaban J connectivity index is 1.90. The van der Waals surface area contributed by atoms with Crippen LogP contribution in [0.2, 0.25) is 0 Å². The summed E-state index contributed by atoms with van der Waals surface area (Å²) in [5, 5.41) is 21.4. The van der Waals surface area contributed by atoms with Crippen molar-refractivity contribution in [3.05, 3.63) is 68.1 Å². The molecule has 0 aliphatic carbocycles. The van der Waals surface area contributed by atoms with Gasteiger partial charge < -0.3 is 14.6 Å². The molecule has 33 heavy (non-hydrogen) atoms. The van der Waals surface area contributed by atoms with Gasteiger partial charge in [-0.1, -0.05) is 23.9 Å². The first kappa shape index (κ1) is 23.7. The molecule has 1 aliphatic heterocycles. The zero-order valence-corrected chi connectivity index (χ0v) is 18.7. The highest BCUT2D eigenvalue weighted by atomic mass is 32.2. The van der Waals surface area contributed by atoms with E-state index >= 15 is 0 Å². The van der Waals surface area contributed by atoms with Crippen LogP contribution in [0.15, 0.2) is 41.3 Å². The summed E-state index contributed by atoms with van der Waals surface area (Å²) in [4.78, 5) is 47.5. The minimum Gasteiger partial charge on any atom is -0.493 e. The number of methoxy groups -OCH3 is 2. The number of hydrazine groups is 1. The van der Waals surface area contributed by atoms with Gasteiger partial charge in [0.25, 0.3) is 17.5 Å². The number of hydrogen-bond acceptors (Lipinski definition) is 9. The zero-order chi connectivity index (χ0) is 24.3. The van der Waals surface area contributed by atoms with Crippen molar-refractivity contribution in [2.75, 3.05) is 14.2 Å². The number of nitro groups is 1. The highest BCUT2D eigenvalue weighted by Gasteiger charge is 2.34. The number of benzene rings is 2. The van der Waals surface area contributed by atoms with Crippen molar-refractivity contribution < 1.29 is 33.9 Å². The first-order valence-electron chi connectivity index (χ1n) is 8.99. The van der Waals surface area contributed by atoms with Gasteiger partial charge in [-0.25, -0.2) is 4.79 Å². The predicted molar refractivity (Wildman–Crippen MR) is 122 cm³/mol. The van der Waals surface area contributed by atoms with Crippen LogP contribution in [0, 0.1) is 10.1 Å². The number of carbonyl (C=O) groups excluding carboxylic acids is 2. The second-order valence-corrected chi connectivity index (χ2v) is 8.01. The number of amides is 2. The molecule has 0 saturated carbocycles. The smallest absolute Gasteiger partial charge is 0.340 e. The summed E-state index contributed by atoms with van der Waals surface area (Å²) in [5.74, 6) is -2.60. The lowest BCUT2D eigenvalue weighted by Gasteiger charge is -2.15. The van der Waals surface area contributed by atoms with E-state index in [0.29, 0.717) is 0 Å². The maximum absolute atomic E-state index is 12.8. The van der Waals surface area contributed by atoms with Gasteiger partial charge in [0, 0.05) is 17.7 Å². The summed E-state index contributed by atoms with van der Waals surface area (Å²) in [6, 6.07) is 7.90. The maximum Gasteiger partial charge on any atom is 0.340 e. The van der Waals surface area contributed by atoms with E-state index < -0.39 is 22.7 Å². The van der Waals surface area contributed by atoms with E-state index in [4.69, 9.17) is 21.7 Å². The SMILES string of the molecule is COc1ccc(/C=C2/SC(=S)N(NC(=O)c3cccc([N+](=O)[O-])c3)C2=O)c(C(=O)O)c1OC. The largest absolute Gasteiger partial charge is 0.493 e. The van der Waals surface area contributed by atoms with E-state index in [0.717, 1.165) is 22.8 Å². The number of carboxylic acid groups (broad SMARTS) is 1. The number of nitrogens with zero attached hydrogens (tertiary/aromatic N) is 2. The zero-order valence-electron chi connectivity index (χ0n) is 17.1. The van der Waals surface area contributed by atoms with Crippen LogP contribution in [0.3, 0.4) is 0 Å². The minimum absolute atomic E-state index is 0.0117. The lowest BCUT2D eigenvalue weighted by Crippen LogP contribution is -2.44.